The molecular weight excluding hydrogens is 348 g/mol. The van der Waals surface area contributed by atoms with E-state index in [-0.39, 0.29) is 11.8 Å². The highest BCUT2D eigenvalue weighted by molar-refractivity contribution is 9.11. The molecule has 0 saturated heterocycles. The van der Waals surface area contributed by atoms with Crippen molar-refractivity contribution in [3.8, 4) is 6.07 Å². The molecule has 17 heavy (non-hydrogen) atoms. The monoisotopic (exact) mass is 358 g/mol. The summed E-state index contributed by atoms with van der Waals surface area (Å²) >= 11 is 6.71. The quantitative estimate of drug-likeness (QED) is 0.888. The molecule has 1 amide bonds. The molecule has 1 atom stereocenters. The predicted molar refractivity (Wildman–Crippen MR) is 74.4 cm³/mol. The van der Waals surface area contributed by atoms with E-state index in [0.29, 0.717) is 5.69 Å². The highest BCUT2D eigenvalue weighted by Crippen LogP contribution is 2.31. The number of rotatable bonds is 3. The molecule has 1 unspecified atom stereocenters. The summed E-state index contributed by atoms with van der Waals surface area (Å²) in [6.45, 7) is 3.70. The van der Waals surface area contributed by atoms with Crippen LogP contribution in [0.25, 0.3) is 0 Å². The van der Waals surface area contributed by atoms with Crippen molar-refractivity contribution in [3.63, 3.8) is 0 Å². The maximum absolute atomic E-state index is 11.9. The first-order valence-corrected chi connectivity index (χ1v) is 6.70. The number of hydrogen-bond donors (Lipinski definition) is 1. The maximum atomic E-state index is 11.9. The molecule has 1 aromatic carbocycles. The number of hydrogen-bond acceptors (Lipinski definition) is 2. The zero-order chi connectivity index (χ0) is 13.0. The molecule has 0 bridgehead atoms. The average Bonchev–Trinajstić information content (AvgIpc) is 2.24. The Kier molecular flexibility index (Phi) is 5.16. The minimum absolute atomic E-state index is 0.0127. The molecule has 0 aliphatic heterocycles. The lowest BCUT2D eigenvalue weighted by Gasteiger charge is -2.15. The summed E-state index contributed by atoms with van der Waals surface area (Å²) in [7, 11) is 0. The Bertz CT molecular complexity index is 446. The lowest BCUT2D eigenvalue weighted by atomic mass is 9.96. The Morgan fingerprint density at radius 1 is 1.35 bits per heavy atom. The predicted octanol–water partition coefficient (Wildman–Crippen LogP) is 3.95. The molecule has 0 saturated carbocycles. The van der Waals surface area contributed by atoms with E-state index < -0.39 is 5.92 Å². The normalized spacial score (nSPS) is 12.0. The molecule has 0 aliphatic carbocycles. The van der Waals surface area contributed by atoms with Gasteiger partial charge in [0.2, 0.25) is 5.91 Å². The fraction of sp³-hybridized carbons (Fsp3) is 0.333. The third kappa shape index (κ3) is 3.55. The molecule has 0 fully saturated rings. The number of carbonyl (C=O) groups excluding carboxylic acids is 1. The average molecular weight is 360 g/mol. The molecule has 0 aliphatic rings. The number of anilines is 1. The molecule has 5 heteroatoms. The van der Waals surface area contributed by atoms with E-state index in [4.69, 9.17) is 5.26 Å². The second-order valence-electron chi connectivity index (χ2n) is 3.94. The fourth-order valence-electron chi connectivity index (χ4n) is 1.33. The second-order valence-corrected chi connectivity index (χ2v) is 5.65. The fourth-order valence-corrected chi connectivity index (χ4v) is 2.53. The van der Waals surface area contributed by atoms with Crippen molar-refractivity contribution in [1.82, 2.24) is 0 Å². The number of nitriles is 1. The number of halogens is 2. The summed E-state index contributed by atoms with van der Waals surface area (Å²) in [6.07, 6.45) is 0. The van der Waals surface area contributed by atoms with Crippen LogP contribution in [0.3, 0.4) is 0 Å². The van der Waals surface area contributed by atoms with Gasteiger partial charge in [-0.1, -0.05) is 19.9 Å². The van der Waals surface area contributed by atoms with E-state index >= 15 is 0 Å². The highest BCUT2D eigenvalue weighted by Gasteiger charge is 2.22. The van der Waals surface area contributed by atoms with Gasteiger partial charge >= 0.3 is 0 Å². The highest BCUT2D eigenvalue weighted by atomic mass is 79.9. The van der Waals surface area contributed by atoms with Crippen molar-refractivity contribution in [3.05, 3.63) is 27.1 Å². The number of benzene rings is 1. The van der Waals surface area contributed by atoms with Gasteiger partial charge in [-0.05, 0) is 49.9 Å². The zero-order valence-corrected chi connectivity index (χ0v) is 12.7. The summed E-state index contributed by atoms with van der Waals surface area (Å²) in [5, 5.41) is 11.7. The molecule has 0 spiro atoms. The van der Waals surface area contributed by atoms with Gasteiger partial charge in [0, 0.05) is 8.95 Å². The van der Waals surface area contributed by atoms with Gasteiger partial charge in [-0.3, -0.25) is 4.79 Å². The Labute approximate surface area is 117 Å². The van der Waals surface area contributed by atoms with E-state index in [0.717, 1.165) is 8.95 Å². The van der Waals surface area contributed by atoms with E-state index in [1.807, 2.05) is 38.1 Å². The van der Waals surface area contributed by atoms with Crippen LogP contribution in [0.2, 0.25) is 0 Å². The summed E-state index contributed by atoms with van der Waals surface area (Å²) < 4.78 is 1.56. The number of amides is 1. The molecule has 0 heterocycles. The maximum Gasteiger partial charge on any atom is 0.242 e. The van der Waals surface area contributed by atoms with E-state index in [2.05, 4.69) is 37.2 Å². The van der Waals surface area contributed by atoms with Gasteiger partial charge < -0.3 is 5.32 Å². The third-order valence-electron chi connectivity index (χ3n) is 2.30. The Balaban J connectivity index is 2.92. The standard InChI is InChI=1S/C12H12Br2N2O/c1-7(2)8(6-15)12(17)16-11-9(13)4-3-5-10(11)14/h3-5,7-8H,1-2H3,(H,16,17). The summed E-state index contributed by atoms with van der Waals surface area (Å²) in [5.41, 5.74) is 0.651. The van der Waals surface area contributed by atoms with Crippen LogP contribution in [-0.2, 0) is 4.79 Å². The van der Waals surface area contributed by atoms with Gasteiger partial charge in [0.05, 0.1) is 11.8 Å². The molecule has 0 aromatic heterocycles. The van der Waals surface area contributed by atoms with Crippen LogP contribution in [0.5, 0.6) is 0 Å². The summed E-state index contributed by atoms with van der Waals surface area (Å²) in [6, 6.07) is 7.53. The number of para-hydroxylation sites is 1. The van der Waals surface area contributed by atoms with Crippen molar-refractivity contribution in [2.45, 2.75) is 13.8 Å². The lowest BCUT2D eigenvalue weighted by Crippen LogP contribution is -2.25. The van der Waals surface area contributed by atoms with Crippen LogP contribution in [0, 0.1) is 23.2 Å². The van der Waals surface area contributed by atoms with Crippen molar-refractivity contribution < 1.29 is 4.79 Å². The lowest BCUT2D eigenvalue weighted by molar-refractivity contribution is -0.119. The topological polar surface area (TPSA) is 52.9 Å². The SMILES string of the molecule is CC(C)C(C#N)C(=O)Nc1c(Br)cccc1Br. The molecular formula is C12H12Br2N2O. The van der Waals surface area contributed by atoms with Gasteiger partial charge in [0.15, 0.2) is 0 Å². The van der Waals surface area contributed by atoms with E-state index in [1.54, 1.807) is 0 Å². The van der Waals surface area contributed by atoms with Crippen LogP contribution >= 0.6 is 31.9 Å². The molecule has 1 N–H and O–H groups in total. The minimum atomic E-state index is -0.644. The minimum Gasteiger partial charge on any atom is -0.323 e. The number of carbonyl (C=O) groups is 1. The van der Waals surface area contributed by atoms with Gasteiger partial charge in [0.1, 0.15) is 5.92 Å². The molecule has 0 radical (unpaired) electrons. The van der Waals surface area contributed by atoms with E-state index in [1.165, 1.54) is 0 Å². The van der Waals surface area contributed by atoms with Crippen LogP contribution in [0.15, 0.2) is 27.1 Å². The van der Waals surface area contributed by atoms with Crippen molar-refractivity contribution in [2.24, 2.45) is 11.8 Å². The van der Waals surface area contributed by atoms with Gasteiger partial charge in [0.25, 0.3) is 0 Å². The van der Waals surface area contributed by atoms with E-state index in [9.17, 15) is 4.79 Å². The van der Waals surface area contributed by atoms with Gasteiger partial charge in [-0.25, -0.2) is 0 Å². The molecule has 90 valence electrons. The second kappa shape index (κ2) is 6.18. The van der Waals surface area contributed by atoms with Crippen molar-refractivity contribution in [1.29, 1.82) is 5.26 Å². The van der Waals surface area contributed by atoms with Crippen LogP contribution in [0.4, 0.5) is 5.69 Å². The number of nitrogens with one attached hydrogen (secondary N) is 1. The smallest absolute Gasteiger partial charge is 0.242 e. The van der Waals surface area contributed by atoms with Crippen molar-refractivity contribution in [2.75, 3.05) is 5.32 Å². The summed E-state index contributed by atoms with van der Waals surface area (Å²) in [4.78, 5) is 11.9. The first kappa shape index (κ1) is 14.2. The first-order valence-electron chi connectivity index (χ1n) is 5.12. The van der Waals surface area contributed by atoms with Crippen LogP contribution in [-0.4, -0.2) is 5.91 Å². The first-order chi connectivity index (χ1) is 7.97. The van der Waals surface area contributed by atoms with Crippen LogP contribution < -0.4 is 5.32 Å². The molecule has 1 aromatic rings. The van der Waals surface area contributed by atoms with Gasteiger partial charge in [-0.15, -0.1) is 0 Å². The summed E-state index contributed by atoms with van der Waals surface area (Å²) in [5.74, 6) is -0.939. The van der Waals surface area contributed by atoms with Crippen LogP contribution in [0.1, 0.15) is 13.8 Å². The molecule has 3 nitrogen and oxygen atoms in total. The largest absolute Gasteiger partial charge is 0.323 e. The zero-order valence-electron chi connectivity index (χ0n) is 9.50. The van der Waals surface area contributed by atoms with Crippen molar-refractivity contribution >= 4 is 43.5 Å². The Morgan fingerprint density at radius 3 is 2.29 bits per heavy atom. The Hall–Kier alpha value is -0.860. The number of nitrogens with zero attached hydrogens (tertiary/aromatic N) is 1. The van der Waals surface area contributed by atoms with Gasteiger partial charge in [-0.2, -0.15) is 5.26 Å². The Morgan fingerprint density at radius 2 is 1.88 bits per heavy atom. The third-order valence-corrected chi connectivity index (χ3v) is 3.62. The molecule has 1 rings (SSSR count).